The van der Waals surface area contributed by atoms with E-state index < -0.39 is 5.82 Å². The van der Waals surface area contributed by atoms with Crippen LogP contribution in [0.1, 0.15) is 24.8 Å². The number of aryl methyl sites for hydroxylation is 2. The second-order valence-electron chi connectivity index (χ2n) is 10.9. The Morgan fingerprint density at radius 1 is 1.16 bits per heavy atom. The molecule has 0 saturated carbocycles. The number of methoxy groups -OCH3 is 1. The Labute approximate surface area is 248 Å². The summed E-state index contributed by atoms with van der Waals surface area (Å²) in [7, 11) is 3.55. The highest BCUT2D eigenvalue weighted by Gasteiger charge is 2.23. The summed E-state index contributed by atoms with van der Waals surface area (Å²) in [6.45, 7) is 8.03. The Balaban J connectivity index is 1.35. The van der Waals surface area contributed by atoms with E-state index in [4.69, 9.17) is 4.74 Å². The molecule has 0 unspecified atom stereocenters. The fourth-order valence-corrected chi connectivity index (χ4v) is 6.00. The van der Waals surface area contributed by atoms with Gasteiger partial charge < -0.3 is 25.2 Å². The van der Waals surface area contributed by atoms with Gasteiger partial charge in [-0.05, 0) is 62.5 Å². The van der Waals surface area contributed by atoms with E-state index in [2.05, 4.69) is 37.0 Å². The molecule has 1 fully saturated rings. The van der Waals surface area contributed by atoms with Gasteiger partial charge in [-0.2, -0.15) is 4.98 Å². The molecule has 2 aromatic carbocycles. The number of ether oxygens (including phenoxy) is 1. The third-order valence-corrected chi connectivity index (χ3v) is 8.13. The molecule has 1 amide bonds. The van der Waals surface area contributed by atoms with E-state index in [1.165, 1.54) is 41.8 Å². The number of nitrogens with zero attached hydrogens (tertiary/aromatic N) is 6. The van der Waals surface area contributed by atoms with Crippen LogP contribution in [0.2, 0.25) is 0 Å². The van der Waals surface area contributed by atoms with Crippen LogP contribution in [0.4, 0.5) is 27.4 Å². The van der Waals surface area contributed by atoms with Gasteiger partial charge in [-0.15, -0.1) is 0 Å². The van der Waals surface area contributed by atoms with Crippen LogP contribution in [0.15, 0.2) is 54.0 Å². The van der Waals surface area contributed by atoms with Gasteiger partial charge in [0.1, 0.15) is 17.4 Å². The van der Waals surface area contributed by atoms with Crippen molar-refractivity contribution >= 4 is 40.0 Å². The van der Waals surface area contributed by atoms with Crippen molar-refractivity contribution in [1.29, 1.82) is 0 Å². The van der Waals surface area contributed by atoms with Gasteiger partial charge in [0.05, 0.1) is 35.2 Å². The van der Waals surface area contributed by atoms with E-state index in [1.54, 1.807) is 23.8 Å². The van der Waals surface area contributed by atoms with E-state index in [0.717, 1.165) is 49.4 Å². The minimum absolute atomic E-state index is 0.200. The summed E-state index contributed by atoms with van der Waals surface area (Å²) < 4.78 is 23.4. The molecule has 11 nitrogen and oxygen atoms in total. The van der Waals surface area contributed by atoms with Gasteiger partial charge in [-0.3, -0.25) is 9.36 Å². The monoisotopic (exact) mass is 586 g/mol. The first-order valence-corrected chi connectivity index (χ1v) is 14.5. The number of imidazole rings is 1. The lowest BCUT2D eigenvalue weighted by Gasteiger charge is -2.26. The number of likely N-dealkylation sites (tertiary alicyclic amines) is 1. The summed E-state index contributed by atoms with van der Waals surface area (Å²) in [5.41, 5.74) is 3.60. The van der Waals surface area contributed by atoms with Gasteiger partial charge in [0, 0.05) is 51.1 Å². The number of carbonyl (C=O) groups is 1. The average molecular weight is 587 g/mol. The second-order valence-corrected chi connectivity index (χ2v) is 10.9. The van der Waals surface area contributed by atoms with E-state index in [9.17, 15) is 14.0 Å². The van der Waals surface area contributed by atoms with E-state index >= 15 is 0 Å². The number of carbonyl (C=O) groups excluding carboxylic acids is 1. The highest BCUT2D eigenvalue weighted by Crippen LogP contribution is 2.38. The molecule has 224 valence electrons. The van der Waals surface area contributed by atoms with E-state index in [1.807, 2.05) is 13.1 Å². The summed E-state index contributed by atoms with van der Waals surface area (Å²) in [6, 6.07) is 8.10. The number of aromatic nitrogens is 4. The summed E-state index contributed by atoms with van der Waals surface area (Å²) in [5, 5.41) is 6.09. The molecule has 2 N–H and O–H groups in total. The third-order valence-electron chi connectivity index (χ3n) is 8.13. The van der Waals surface area contributed by atoms with E-state index in [0.29, 0.717) is 41.4 Å². The Morgan fingerprint density at radius 3 is 2.74 bits per heavy atom. The third kappa shape index (κ3) is 5.57. The fraction of sp³-hybridized carbons (Fsp3) is 0.355. The van der Waals surface area contributed by atoms with Crippen LogP contribution >= 0.6 is 0 Å². The predicted molar refractivity (Wildman–Crippen MR) is 165 cm³/mol. The van der Waals surface area contributed by atoms with Crippen LogP contribution < -0.4 is 26.0 Å². The number of halogens is 1. The Bertz CT molecular complexity index is 1760. The smallest absolute Gasteiger partial charge is 0.334 e. The van der Waals surface area contributed by atoms with Gasteiger partial charge in [-0.1, -0.05) is 6.58 Å². The molecule has 0 radical (unpaired) electrons. The molecule has 1 saturated heterocycles. The van der Waals surface area contributed by atoms with Crippen molar-refractivity contribution < 1.29 is 13.9 Å². The zero-order valence-corrected chi connectivity index (χ0v) is 24.4. The SMILES string of the molecule is C=CC(=O)Nc1cc(Nc2nccc(-n3c(=O)n4c5c(cc(F)cc53)CCC4)n2)c(OC)cc1N(C)CCN1CCCC1. The molecule has 6 rings (SSSR count). The van der Waals surface area contributed by atoms with Crippen LogP contribution in [0.25, 0.3) is 16.9 Å². The van der Waals surface area contributed by atoms with Crippen LogP contribution in [-0.2, 0) is 17.8 Å². The van der Waals surface area contributed by atoms with Crippen molar-refractivity contribution in [1.82, 2.24) is 24.0 Å². The zero-order chi connectivity index (χ0) is 30.1. The number of benzene rings is 2. The normalized spacial score (nSPS) is 14.6. The van der Waals surface area contributed by atoms with Crippen molar-refractivity contribution in [3.63, 3.8) is 0 Å². The number of rotatable bonds is 10. The molecule has 4 heterocycles. The summed E-state index contributed by atoms with van der Waals surface area (Å²) >= 11 is 0. The molecule has 2 aliphatic heterocycles. The van der Waals surface area contributed by atoms with Crippen molar-refractivity contribution in [2.45, 2.75) is 32.2 Å². The number of anilines is 4. The average Bonchev–Trinajstić information content (AvgIpc) is 3.63. The zero-order valence-electron chi connectivity index (χ0n) is 24.4. The minimum Gasteiger partial charge on any atom is -0.494 e. The topological polar surface area (TPSA) is 110 Å². The molecule has 0 atom stereocenters. The lowest BCUT2D eigenvalue weighted by atomic mass is 10.0. The van der Waals surface area contributed by atoms with Crippen molar-refractivity contribution in [2.24, 2.45) is 0 Å². The molecular formula is C31H35FN8O3. The number of likely N-dealkylation sites (N-methyl/N-ethyl adjacent to an activating group) is 1. The highest BCUT2D eigenvalue weighted by atomic mass is 19.1. The molecule has 0 spiro atoms. The molecule has 4 aromatic rings. The van der Waals surface area contributed by atoms with Crippen LogP contribution in [0.3, 0.4) is 0 Å². The van der Waals surface area contributed by atoms with E-state index in [-0.39, 0.29) is 17.5 Å². The maximum atomic E-state index is 14.5. The molecule has 2 aliphatic rings. The first-order chi connectivity index (χ1) is 20.9. The Morgan fingerprint density at radius 2 is 1.98 bits per heavy atom. The first kappa shape index (κ1) is 28.4. The molecule has 2 aromatic heterocycles. The van der Waals surface area contributed by atoms with Crippen LogP contribution in [-0.4, -0.2) is 70.2 Å². The predicted octanol–water partition coefficient (Wildman–Crippen LogP) is 4.08. The van der Waals surface area contributed by atoms with Gasteiger partial charge in [0.2, 0.25) is 11.9 Å². The van der Waals surface area contributed by atoms with Crippen LogP contribution in [0.5, 0.6) is 5.75 Å². The molecular weight excluding hydrogens is 551 g/mol. The van der Waals surface area contributed by atoms with Gasteiger partial charge in [-0.25, -0.2) is 18.7 Å². The Kier molecular flexibility index (Phi) is 7.85. The van der Waals surface area contributed by atoms with Crippen molar-refractivity contribution in [3.05, 3.63) is 71.0 Å². The Hall–Kier alpha value is -4.71. The second kappa shape index (κ2) is 11.9. The number of nitrogens with one attached hydrogen (secondary N) is 2. The lowest BCUT2D eigenvalue weighted by molar-refractivity contribution is -0.111. The number of hydrogen-bond acceptors (Lipinski definition) is 8. The molecule has 12 heteroatoms. The summed E-state index contributed by atoms with van der Waals surface area (Å²) in [6.07, 6.45) is 6.67. The van der Waals surface area contributed by atoms with Gasteiger partial charge >= 0.3 is 5.69 Å². The minimum atomic E-state index is -0.396. The molecule has 0 bridgehead atoms. The highest BCUT2D eigenvalue weighted by molar-refractivity contribution is 6.02. The maximum absolute atomic E-state index is 14.5. The maximum Gasteiger partial charge on any atom is 0.334 e. The number of amides is 1. The van der Waals surface area contributed by atoms with Crippen LogP contribution in [0, 0.1) is 5.82 Å². The molecule has 0 aliphatic carbocycles. The summed E-state index contributed by atoms with van der Waals surface area (Å²) in [4.78, 5) is 39.3. The van der Waals surface area contributed by atoms with Gasteiger partial charge in [0.15, 0.2) is 0 Å². The standard InChI is InChI=1S/C31H35FN8O3/c1-4-28(41)34-22-18-23(26(43-3)19-24(22)37(2)14-15-38-11-5-6-12-38)35-30-33-10-9-27(36-30)40-25-17-21(32)16-20-8-7-13-39(29(20)25)31(40)42/h4,9-10,16-19H,1,5-8,11-15H2,2-3H3,(H,34,41)(H,33,35,36). The van der Waals surface area contributed by atoms with Crippen molar-refractivity contribution in [2.75, 3.05) is 55.9 Å². The van der Waals surface area contributed by atoms with Gasteiger partial charge in [0.25, 0.3) is 0 Å². The fourth-order valence-electron chi connectivity index (χ4n) is 6.00. The molecule has 43 heavy (non-hydrogen) atoms. The largest absolute Gasteiger partial charge is 0.494 e. The summed E-state index contributed by atoms with van der Waals surface area (Å²) in [5.74, 6) is 0.281. The van der Waals surface area contributed by atoms with Crippen molar-refractivity contribution in [3.8, 4) is 11.6 Å². The lowest BCUT2D eigenvalue weighted by Crippen LogP contribution is -2.32. The first-order valence-electron chi connectivity index (χ1n) is 14.5. The quantitative estimate of drug-likeness (QED) is 0.268. The number of hydrogen-bond donors (Lipinski definition) is 2.